The molecule has 0 aliphatic rings. The van der Waals surface area contributed by atoms with Crippen LogP contribution in [0.25, 0.3) is 17.1 Å². The van der Waals surface area contributed by atoms with E-state index in [0.29, 0.717) is 5.02 Å². The first-order valence-electron chi connectivity index (χ1n) is 5.97. The molecule has 0 unspecified atom stereocenters. The maximum atomic E-state index is 6.30. The third-order valence-corrected chi connectivity index (χ3v) is 3.26. The van der Waals surface area contributed by atoms with E-state index in [2.05, 4.69) is 10.2 Å². The Kier molecular flexibility index (Phi) is 3.05. The van der Waals surface area contributed by atoms with Gasteiger partial charge in [0.2, 0.25) is 0 Å². The van der Waals surface area contributed by atoms with Crippen molar-refractivity contribution in [2.24, 2.45) is 0 Å². The number of aromatic nitrogens is 3. The van der Waals surface area contributed by atoms with Crippen molar-refractivity contribution in [2.45, 2.75) is 6.92 Å². The summed E-state index contributed by atoms with van der Waals surface area (Å²) in [7, 11) is 0. The Hall–Kier alpha value is -2.13. The second kappa shape index (κ2) is 4.86. The Balaban J connectivity index is 2.15. The predicted molar refractivity (Wildman–Crippen MR) is 76.5 cm³/mol. The second-order valence-electron chi connectivity index (χ2n) is 4.34. The Labute approximate surface area is 116 Å². The minimum atomic E-state index is 0.685. The van der Waals surface area contributed by atoms with Gasteiger partial charge in [0.05, 0.1) is 5.02 Å². The zero-order valence-electron chi connectivity index (χ0n) is 10.4. The van der Waals surface area contributed by atoms with E-state index in [-0.39, 0.29) is 0 Å². The molecule has 0 fully saturated rings. The van der Waals surface area contributed by atoms with Gasteiger partial charge in [-0.1, -0.05) is 35.9 Å². The Morgan fingerprint density at radius 1 is 1.05 bits per heavy atom. The highest BCUT2D eigenvalue weighted by atomic mass is 35.5. The third-order valence-electron chi connectivity index (χ3n) is 2.95. The SMILES string of the molecule is Cc1ccc(-c2nncn2-c2ccccc2)c(Cl)c1. The van der Waals surface area contributed by atoms with Crippen LogP contribution >= 0.6 is 11.6 Å². The summed E-state index contributed by atoms with van der Waals surface area (Å²) >= 11 is 6.30. The van der Waals surface area contributed by atoms with Crippen molar-refractivity contribution in [2.75, 3.05) is 0 Å². The van der Waals surface area contributed by atoms with Crippen LogP contribution in [0, 0.1) is 6.92 Å². The van der Waals surface area contributed by atoms with Crippen molar-refractivity contribution in [1.29, 1.82) is 0 Å². The van der Waals surface area contributed by atoms with Gasteiger partial charge in [0.15, 0.2) is 5.82 Å². The summed E-state index contributed by atoms with van der Waals surface area (Å²) in [5, 5.41) is 8.86. The van der Waals surface area contributed by atoms with Crippen LogP contribution in [0.5, 0.6) is 0 Å². The summed E-state index contributed by atoms with van der Waals surface area (Å²) in [6.45, 7) is 2.01. The Bertz CT molecular complexity index is 704. The monoisotopic (exact) mass is 269 g/mol. The van der Waals surface area contributed by atoms with Crippen LogP contribution in [0.2, 0.25) is 5.02 Å². The molecule has 0 spiro atoms. The summed E-state index contributed by atoms with van der Waals surface area (Å²) in [5.41, 5.74) is 3.02. The average Bonchev–Trinajstić information content (AvgIpc) is 2.89. The fraction of sp³-hybridized carbons (Fsp3) is 0.0667. The van der Waals surface area contributed by atoms with Crippen LogP contribution in [-0.2, 0) is 0 Å². The van der Waals surface area contributed by atoms with Crippen LogP contribution < -0.4 is 0 Å². The minimum Gasteiger partial charge on any atom is -0.282 e. The van der Waals surface area contributed by atoms with Gasteiger partial charge in [0.1, 0.15) is 6.33 Å². The molecule has 3 aromatic rings. The molecular formula is C15H12ClN3. The van der Waals surface area contributed by atoms with Crippen molar-refractivity contribution in [3.63, 3.8) is 0 Å². The number of aryl methyl sites for hydroxylation is 1. The highest BCUT2D eigenvalue weighted by Gasteiger charge is 2.12. The molecule has 1 aromatic heterocycles. The number of rotatable bonds is 2. The van der Waals surface area contributed by atoms with Crippen molar-refractivity contribution < 1.29 is 0 Å². The van der Waals surface area contributed by atoms with Crippen molar-refractivity contribution in [3.8, 4) is 17.1 Å². The van der Waals surface area contributed by atoms with Gasteiger partial charge in [0, 0.05) is 11.3 Å². The molecule has 0 aliphatic heterocycles. The maximum Gasteiger partial charge on any atom is 0.169 e. The standard InChI is InChI=1S/C15H12ClN3/c1-11-7-8-13(14(16)9-11)15-18-17-10-19(15)12-5-3-2-4-6-12/h2-10H,1H3. The Morgan fingerprint density at radius 2 is 1.84 bits per heavy atom. The lowest BCUT2D eigenvalue weighted by Crippen LogP contribution is -1.96. The molecule has 3 nitrogen and oxygen atoms in total. The van der Waals surface area contributed by atoms with E-state index in [1.165, 1.54) is 0 Å². The van der Waals surface area contributed by atoms with Crippen LogP contribution in [0.1, 0.15) is 5.56 Å². The van der Waals surface area contributed by atoms with Crippen LogP contribution in [0.15, 0.2) is 54.9 Å². The lowest BCUT2D eigenvalue weighted by molar-refractivity contribution is 1.06. The fourth-order valence-electron chi connectivity index (χ4n) is 2.00. The second-order valence-corrected chi connectivity index (χ2v) is 4.75. The zero-order chi connectivity index (χ0) is 13.2. The molecule has 0 N–H and O–H groups in total. The topological polar surface area (TPSA) is 30.7 Å². The number of halogens is 1. The largest absolute Gasteiger partial charge is 0.282 e. The third kappa shape index (κ3) is 2.25. The molecule has 0 aliphatic carbocycles. The molecule has 0 atom stereocenters. The lowest BCUT2D eigenvalue weighted by Gasteiger charge is -2.08. The molecule has 0 saturated heterocycles. The van der Waals surface area contributed by atoms with Crippen molar-refractivity contribution in [1.82, 2.24) is 14.8 Å². The molecule has 1 heterocycles. The number of hydrogen-bond acceptors (Lipinski definition) is 2. The van der Waals surface area contributed by atoms with E-state index in [4.69, 9.17) is 11.6 Å². The molecule has 94 valence electrons. The van der Waals surface area contributed by atoms with Gasteiger partial charge in [-0.3, -0.25) is 4.57 Å². The normalized spacial score (nSPS) is 10.6. The van der Waals surface area contributed by atoms with E-state index in [9.17, 15) is 0 Å². The predicted octanol–water partition coefficient (Wildman–Crippen LogP) is 3.90. The molecule has 19 heavy (non-hydrogen) atoms. The summed E-state index contributed by atoms with van der Waals surface area (Å²) in [6, 6.07) is 15.9. The van der Waals surface area contributed by atoms with Gasteiger partial charge in [-0.15, -0.1) is 10.2 Å². The van der Waals surface area contributed by atoms with E-state index >= 15 is 0 Å². The molecule has 4 heteroatoms. The first-order valence-corrected chi connectivity index (χ1v) is 6.35. The van der Waals surface area contributed by atoms with Crippen LogP contribution in [0.4, 0.5) is 0 Å². The van der Waals surface area contributed by atoms with Gasteiger partial charge in [-0.2, -0.15) is 0 Å². The summed E-state index contributed by atoms with van der Waals surface area (Å²) in [5.74, 6) is 0.746. The smallest absolute Gasteiger partial charge is 0.169 e. The average molecular weight is 270 g/mol. The molecule has 0 saturated carbocycles. The molecule has 0 amide bonds. The maximum absolute atomic E-state index is 6.30. The van der Waals surface area contributed by atoms with E-state index in [1.807, 2.05) is 60.0 Å². The highest BCUT2D eigenvalue weighted by molar-refractivity contribution is 6.33. The number of nitrogens with zero attached hydrogens (tertiary/aromatic N) is 3. The highest BCUT2D eigenvalue weighted by Crippen LogP contribution is 2.28. The molecule has 2 aromatic carbocycles. The Morgan fingerprint density at radius 3 is 2.58 bits per heavy atom. The van der Waals surface area contributed by atoms with Gasteiger partial charge in [-0.05, 0) is 36.8 Å². The summed E-state index contributed by atoms with van der Waals surface area (Å²) < 4.78 is 1.93. The number of hydrogen-bond donors (Lipinski definition) is 0. The zero-order valence-corrected chi connectivity index (χ0v) is 11.2. The first kappa shape index (κ1) is 11.9. The molecule has 0 radical (unpaired) electrons. The van der Waals surface area contributed by atoms with Gasteiger partial charge in [0.25, 0.3) is 0 Å². The van der Waals surface area contributed by atoms with Crippen LogP contribution in [0.3, 0.4) is 0 Å². The van der Waals surface area contributed by atoms with Crippen molar-refractivity contribution in [3.05, 3.63) is 65.4 Å². The van der Waals surface area contributed by atoms with E-state index < -0.39 is 0 Å². The number of benzene rings is 2. The molecular weight excluding hydrogens is 258 g/mol. The summed E-state index contributed by atoms with van der Waals surface area (Å²) in [6.07, 6.45) is 1.70. The van der Waals surface area contributed by atoms with Gasteiger partial charge >= 0.3 is 0 Å². The molecule has 0 bridgehead atoms. The van der Waals surface area contributed by atoms with Crippen molar-refractivity contribution >= 4 is 11.6 Å². The summed E-state index contributed by atoms with van der Waals surface area (Å²) in [4.78, 5) is 0. The van der Waals surface area contributed by atoms with Gasteiger partial charge < -0.3 is 0 Å². The quantitative estimate of drug-likeness (QED) is 0.706. The van der Waals surface area contributed by atoms with E-state index in [1.54, 1.807) is 6.33 Å². The number of para-hydroxylation sites is 1. The van der Waals surface area contributed by atoms with Gasteiger partial charge in [-0.25, -0.2) is 0 Å². The lowest BCUT2D eigenvalue weighted by atomic mass is 10.1. The minimum absolute atomic E-state index is 0.685. The molecule has 3 rings (SSSR count). The fourth-order valence-corrected chi connectivity index (χ4v) is 2.32. The van der Waals surface area contributed by atoms with E-state index in [0.717, 1.165) is 22.6 Å². The van der Waals surface area contributed by atoms with Crippen LogP contribution in [-0.4, -0.2) is 14.8 Å². The first-order chi connectivity index (χ1) is 9.25.